The summed E-state index contributed by atoms with van der Waals surface area (Å²) in [4.78, 5) is 37.6. The lowest BCUT2D eigenvalue weighted by Crippen LogP contribution is -2.08. The number of ether oxygens (including phenoxy) is 2. The summed E-state index contributed by atoms with van der Waals surface area (Å²) in [6.45, 7) is 0.816. The molecular formula is C35H50O5S2. The highest BCUT2D eigenvalue weighted by Gasteiger charge is 2.14. The van der Waals surface area contributed by atoms with Gasteiger partial charge in [0.25, 0.3) is 0 Å². The van der Waals surface area contributed by atoms with E-state index in [0.717, 1.165) is 50.0 Å². The smallest absolute Gasteiger partial charge is 0.338 e. The van der Waals surface area contributed by atoms with Gasteiger partial charge in [0.2, 0.25) is 0 Å². The zero-order valence-electron chi connectivity index (χ0n) is 25.2. The van der Waals surface area contributed by atoms with Gasteiger partial charge in [0.05, 0.1) is 24.3 Å². The van der Waals surface area contributed by atoms with Crippen LogP contribution in [0.3, 0.4) is 0 Å². The highest BCUT2D eigenvalue weighted by Crippen LogP contribution is 2.15. The highest BCUT2D eigenvalue weighted by molar-refractivity contribution is 7.80. The Morgan fingerprint density at radius 2 is 0.667 bits per heavy atom. The number of hydrogen-bond donors (Lipinski definition) is 2. The van der Waals surface area contributed by atoms with Gasteiger partial charge in [-0.15, -0.1) is 0 Å². The van der Waals surface area contributed by atoms with Crippen LogP contribution in [0.5, 0.6) is 0 Å². The SMILES string of the molecule is O=C(OCCCCCCCCCCS)c1ccc(C(=O)c2ccc(C(=O)OCCCCCCCCCCS)cc2)cc1. The summed E-state index contributed by atoms with van der Waals surface area (Å²) >= 11 is 8.47. The number of benzene rings is 2. The van der Waals surface area contributed by atoms with E-state index in [1.165, 1.54) is 64.2 Å². The van der Waals surface area contributed by atoms with Crippen molar-refractivity contribution in [2.45, 2.75) is 103 Å². The van der Waals surface area contributed by atoms with Crippen molar-refractivity contribution in [2.75, 3.05) is 24.7 Å². The minimum Gasteiger partial charge on any atom is -0.462 e. The minimum absolute atomic E-state index is 0.175. The standard InChI is InChI=1S/C35H50O5S2/c36-33(29-17-21-31(22-18-29)34(37)39-25-13-9-5-1-3-7-11-15-27-41)30-19-23-32(24-20-30)35(38)40-26-14-10-6-2-4-8-12-16-28-42/h17-24,41-42H,1-16,25-28H2. The molecule has 0 heterocycles. The maximum atomic E-state index is 12.9. The lowest BCUT2D eigenvalue weighted by atomic mass is 10.0. The Kier molecular flexibility index (Phi) is 19.9. The van der Waals surface area contributed by atoms with E-state index in [9.17, 15) is 14.4 Å². The van der Waals surface area contributed by atoms with Gasteiger partial charge >= 0.3 is 11.9 Å². The fraction of sp³-hybridized carbons (Fsp3) is 0.571. The maximum absolute atomic E-state index is 12.9. The molecule has 0 N–H and O–H groups in total. The van der Waals surface area contributed by atoms with Crippen molar-refractivity contribution in [3.63, 3.8) is 0 Å². The van der Waals surface area contributed by atoms with E-state index in [0.29, 0.717) is 35.5 Å². The van der Waals surface area contributed by atoms with Crippen molar-refractivity contribution in [3.8, 4) is 0 Å². The predicted octanol–water partition coefficient (Wildman–Crippen LogP) is 9.33. The number of rotatable bonds is 24. The second kappa shape index (κ2) is 23.2. The van der Waals surface area contributed by atoms with E-state index in [1.807, 2.05) is 0 Å². The molecule has 0 amide bonds. The van der Waals surface area contributed by atoms with E-state index in [1.54, 1.807) is 48.5 Å². The minimum atomic E-state index is -0.372. The topological polar surface area (TPSA) is 69.7 Å². The van der Waals surface area contributed by atoms with Crippen molar-refractivity contribution in [3.05, 3.63) is 70.8 Å². The average molecular weight is 615 g/mol. The first-order valence-electron chi connectivity index (χ1n) is 15.9. The number of hydrogen-bond acceptors (Lipinski definition) is 7. The highest BCUT2D eigenvalue weighted by atomic mass is 32.1. The van der Waals surface area contributed by atoms with Crippen molar-refractivity contribution in [1.82, 2.24) is 0 Å². The van der Waals surface area contributed by atoms with Gasteiger partial charge in [0.1, 0.15) is 0 Å². The van der Waals surface area contributed by atoms with Gasteiger partial charge in [0.15, 0.2) is 5.78 Å². The molecule has 0 radical (unpaired) electrons. The Labute approximate surface area is 264 Å². The first-order chi connectivity index (χ1) is 20.6. The van der Waals surface area contributed by atoms with Crippen LogP contribution in [0.15, 0.2) is 48.5 Å². The number of unbranched alkanes of at least 4 members (excludes halogenated alkanes) is 14. The maximum Gasteiger partial charge on any atom is 0.338 e. The molecule has 2 aromatic carbocycles. The Bertz CT molecular complexity index is 939. The molecule has 0 saturated heterocycles. The summed E-state index contributed by atoms with van der Waals surface area (Å²) < 4.78 is 10.8. The molecule has 2 rings (SSSR count). The summed E-state index contributed by atoms with van der Waals surface area (Å²) in [5, 5.41) is 0. The van der Waals surface area contributed by atoms with E-state index < -0.39 is 0 Å². The molecule has 0 aliphatic rings. The average Bonchev–Trinajstić information content (AvgIpc) is 3.02. The Hall–Kier alpha value is -2.25. The molecule has 0 aromatic heterocycles. The van der Waals surface area contributed by atoms with Crippen LogP contribution in [0.4, 0.5) is 0 Å². The van der Waals surface area contributed by atoms with Crippen LogP contribution >= 0.6 is 25.3 Å². The normalized spacial score (nSPS) is 10.9. The molecule has 7 heteroatoms. The third kappa shape index (κ3) is 15.3. The molecule has 0 atom stereocenters. The molecule has 42 heavy (non-hydrogen) atoms. The van der Waals surface area contributed by atoms with Gasteiger partial charge in [-0.05, 0) is 61.5 Å². The molecule has 0 spiro atoms. The molecular weight excluding hydrogens is 565 g/mol. The lowest BCUT2D eigenvalue weighted by molar-refractivity contribution is 0.0488. The van der Waals surface area contributed by atoms with Gasteiger partial charge in [-0.3, -0.25) is 4.79 Å². The lowest BCUT2D eigenvalue weighted by Gasteiger charge is -2.07. The molecule has 5 nitrogen and oxygen atoms in total. The molecule has 0 fully saturated rings. The van der Waals surface area contributed by atoms with Gasteiger partial charge in [-0.2, -0.15) is 25.3 Å². The molecule has 0 saturated carbocycles. The second-order valence-corrected chi connectivity index (χ2v) is 11.8. The van der Waals surface area contributed by atoms with E-state index in [2.05, 4.69) is 25.3 Å². The summed E-state index contributed by atoms with van der Waals surface area (Å²) in [5.41, 5.74) is 1.80. The Morgan fingerprint density at radius 1 is 0.405 bits per heavy atom. The van der Waals surface area contributed by atoms with Crippen molar-refractivity contribution < 1.29 is 23.9 Å². The predicted molar refractivity (Wildman–Crippen MR) is 178 cm³/mol. The van der Waals surface area contributed by atoms with Gasteiger partial charge in [0, 0.05) is 11.1 Å². The van der Waals surface area contributed by atoms with Crippen LogP contribution in [0.1, 0.15) is 139 Å². The van der Waals surface area contributed by atoms with E-state index in [-0.39, 0.29) is 17.7 Å². The number of thiol groups is 2. The number of ketones is 1. The number of carbonyl (C=O) groups excluding carboxylic acids is 3. The molecule has 0 aliphatic heterocycles. The molecule has 232 valence electrons. The zero-order chi connectivity index (χ0) is 30.3. The first-order valence-corrected chi connectivity index (χ1v) is 17.1. The van der Waals surface area contributed by atoms with E-state index in [4.69, 9.17) is 9.47 Å². The zero-order valence-corrected chi connectivity index (χ0v) is 27.0. The third-order valence-electron chi connectivity index (χ3n) is 7.34. The fourth-order valence-corrected chi connectivity index (χ4v) is 5.17. The second-order valence-electron chi connectivity index (χ2n) is 10.9. The molecule has 0 bridgehead atoms. The largest absolute Gasteiger partial charge is 0.462 e. The Balaban J connectivity index is 1.64. The summed E-state index contributed by atoms with van der Waals surface area (Å²) in [5.74, 6) is 1.02. The van der Waals surface area contributed by atoms with Crippen LogP contribution in [0, 0.1) is 0 Å². The number of carbonyl (C=O) groups is 3. The van der Waals surface area contributed by atoms with E-state index >= 15 is 0 Å². The summed E-state index contributed by atoms with van der Waals surface area (Å²) in [6.07, 6.45) is 18.6. The van der Waals surface area contributed by atoms with Crippen molar-refractivity contribution in [1.29, 1.82) is 0 Å². The summed E-state index contributed by atoms with van der Waals surface area (Å²) in [7, 11) is 0. The van der Waals surface area contributed by atoms with Crippen LogP contribution in [-0.2, 0) is 9.47 Å². The van der Waals surface area contributed by atoms with Crippen LogP contribution in [-0.4, -0.2) is 42.4 Å². The third-order valence-corrected chi connectivity index (χ3v) is 7.97. The quantitative estimate of drug-likeness (QED) is 0.0534. The fourth-order valence-electron chi connectivity index (χ4n) is 4.73. The molecule has 2 aromatic rings. The monoisotopic (exact) mass is 614 g/mol. The molecule has 0 aliphatic carbocycles. The van der Waals surface area contributed by atoms with Crippen LogP contribution in [0.25, 0.3) is 0 Å². The van der Waals surface area contributed by atoms with Crippen molar-refractivity contribution >= 4 is 43.0 Å². The van der Waals surface area contributed by atoms with Gasteiger partial charge < -0.3 is 9.47 Å². The number of esters is 2. The molecule has 0 unspecified atom stereocenters. The van der Waals surface area contributed by atoms with Crippen molar-refractivity contribution in [2.24, 2.45) is 0 Å². The van der Waals surface area contributed by atoms with Gasteiger partial charge in [-0.25, -0.2) is 9.59 Å². The Morgan fingerprint density at radius 3 is 0.976 bits per heavy atom. The van der Waals surface area contributed by atoms with Crippen LogP contribution < -0.4 is 0 Å². The first kappa shape index (κ1) is 35.9. The van der Waals surface area contributed by atoms with Gasteiger partial charge in [-0.1, -0.05) is 101 Å². The summed E-state index contributed by atoms with van der Waals surface area (Å²) in [6, 6.07) is 13.0. The van der Waals surface area contributed by atoms with Crippen LogP contribution in [0.2, 0.25) is 0 Å².